The molecule has 2 amide bonds. The molecule has 1 N–H and O–H groups in total. The molecule has 1 aromatic rings. The summed E-state index contributed by atoms with van der Waals surface area (Å²) in [5.41, 5.74) is -0.219. The molecule has 9 nitrogen and oxygen atoms in total. The maximum absolute atomic E-state index is 12.9. The number of rotatable bonds is 5. The molecule has 0 saturated carbocycles. The first-order valence-electron chi connectivity index (χ1n) is 9.72. The molecular weight excluding hydrogens is 392 g/mol. The molecule has 0 aliphatic carbocycles. The smallest absolute Gasteiger partial charge is 0.410 e. The van der Waals surface area contributed by atoms with Gasteiger partial charge in [-0.1, -0.05) is 0 Å². The first-order valence-corrected chi connectivity index (χ1v) is 9.72. The number of hydrogen-bond acceptors (Lipinski definition) is 7. The highest BCUT2D eigenvalue weighted by Gasteiger charge is 2.32. The number of nitrogens with one attached hydrogen (secondary N) is 1. The second-order valence-corrected chi connectivity index (χ2v) is 8.00. The van der Waals surface area contributed by atoms with E-state index in [2.05, 4.69) is 5.32 Å². The first-order chi connectivity index (χ1) is 14.1. The maximum Gasteiger partial charge on any atom is 0.410 e. The summed E-state index contributed by atoms with van der Waals surface area (Å²) in [5.74, 6) is -0.667. The highest BCUT2D eigenvalue weighted by molar-refractivity contribution is 6.03. The molecule has 1 aliphatic rings. The molecule has 1 aliphatic heterocycles. The number of carbonyl (C=O) groups excluding carboxylic acids is 3. The highest BCUT2D eigenvalue weighted by Crippen LogP contribution is 2.34. The van der Waals surface area contributed by atoms with Crippen molar-refractivity contribution in [1.82, 2.24) is 4.90 Å². The number of benzene rings is 1. The van der Waals surface area contributed by atoms with Crippen molar-refractivity contribution < 1.29 is 33.3 Å². The average Bonchev–Trinajstić information content (AvgIpc) is 2.71. The summed E-state index contributed by atoms with van der Waals surface area (Å²) < 4.78 is 20.7. The molecule has 1 heterocycles. The van der Waals surface area contributed by atoms with Crippen molar-refractivity contribution in [3.8, 4) is 11.5 Å². The van der Waals surface area contributed by atoms with Gasteiger partial charge in [0.2, 0.25) is 5.91 Å². The highest BCUT2D eigenvalue weighted by atomic mass is 16.6. The van der Waals surface area contributed by atoms with Crippen LogP contribution in [-0.2, 0) is 14.3 Å². The Hall–Kier alpha value is -2.97. The number of hydrogen-bond donors (Lipinski definition) is 1. The Bertz CT molecular complexity index is 801. The van der Waals surface area contributed by atoms with E-state index in [1.807, 2.05) is 0 Å². The van der Waals surface area contributed by atoms with Crippen LogP contribution >= 0.6 is 0 Å². The molecule has 30 heavy (non-hydrogen) atoms. The second-order valence-electron chi connectivity index (χ2n) is 8.00. The molecule has 2 rings (SSSR count). The summed E-state index contributed by atoms with van der Waals surface area (Å²) >= 11 is 0. The molecule has 0 bridgehead atoms. The Morgan fingerprint density at radius 3 is 2.27 bits per heavy atom. The zero-order valence-electron chi connectivity index (χ0n) is 18.4. The van der Waals surface area contributed by atoms with E-state index in [1.54, 1.807) is 20.8 Å². The largest absolute Gasteiger partial charge is 0.493 e. The molecule has 1 atom stereocenters. The van der Waals surface area contributed by atoms with Gasteiger partial charge in [-0.15, -0.1) is 0 Å². The third-order valence-electron chi connectivity index (χ3n) is 4.63. The van der Waals surface area contributed by atoms with Crippen LogP contribution in [-0.4, -0.2) is 62.9 Å². The van der Waals surface area contributed by atoms with Gasteiger partial charge in [0, 0.05) is 25.2 Å². The van der Waals surface area contributed by atoms with Crippen LogP contribution in [0.25, 0.3) is 0 Å². The minimum Gasteiger partial charge on any atom is -0.493 e. The lowest BCUT2D eigenvalue weighted by molar-refractivity contribution is -0.121. The van der Waals surface area contributed by atoms with E-state index in [4.69, 9.17) is 18.9 Å². The van der Waals surface area contributed by atoms with Crippen LogP contribution in [0.3, 0.4) is 0 Å². The number of amides is 2. The summed E-state index contributed by atoms with van der Waals surface area (Å²) in [7, 11) is 4.16. The number of anilines is 1. The van der Waals surface area contributed by atoms with E-state index in [1.165, 1.54) is 38.4 Å². The van der Waals surface area contributed by atoms with E-state index >= 15 is 0 Å². The third-order valence-corrected chi connectivity index (χ3v) is 4.63. The number of likely N-dealkylation sites (tertiary alicyclic amines) is 1. The van der Waals surface area contributed by atoms with Crippen LogP contribution in [0.1, 0.15) is 44.0 Å². The molecule has 0 radical (unpaired) electrons. The normalized spacial score (nSPS) is 16.5. The average molecular weight is 422 g/mol. The monoisotopic (exact) mass is 422 g/mol. The minimum atomic E-state index is -0.620. The molecule has 166 valence electrons. The van der Waals surface area contributed by atoms with Crippen LogP contribution in [0.4, 0.5) is 10.5 Å². The van der Waals surface area contributed by atoms with Crippen molar-refractivity contribution >= 4 is 23.7 Å². The van der Waals surface area contributed by atoms with Gasteiger partial charge < -0.3 is 29.2 Å². The first kappa shape index (κ1) is 23.3. The van der Waals surface area contributed by atoms with Gasteiger partial charge in [0.25, 0.3) is 0 Å². The van der Waals surface area contributed by atoms with E-state index in [9.17, 15) is 14.4 Å². The van der Waals surface area contributed by atoms with Crippen LogP contribution in [0.5, 0.6) is 11.5 Å². The van der Waals surface area contributed by atoms with E-state index < -0.39 is 23.6 Å². The molecule has 9 heteroatoms. The van der Waals surface area contributed by atoms with Crippen molar-refractivity contribution in [2.24, 2.45) is 5.92 Å². The Balaban J connectivity index is 2.20. The van der Waals surface area contributed by atoms with E-state index in [0.717, 1.165) is 0 Å². The molecule has 1 saturated heterocycles. The van der Waals surface area contributed by atoms with Crippen LogP contribution < -0.4 is 14.8 Å². The van der Waals surface area contributed by atoms with E-state index in [-0.39, 0.29) is 23.7 Å². The lowest BCUT2D eigenvalue weighted by Crippen LogP contribution is -2.45. The number of ether oxygens (including phenoxy) is 4. The number of nitrogens with zero attached hydrogens (tertiary/aromatic N) is 1. The van der Waals surface area contributed by atoms with Gasteiger partial charge in [0.15, 0.2) is 11.5 Å². The number of piperidine rings is 1. The van der Waals surface area contributed by atoms with Gasteiger partial charge >= 0.3 is 12.1 Å². The van der Waals surface area contributed by atoms with Gasteiger partial charge in [-0.25, -0.2) is 9.59 Å². The van der Waals surface area contributed by atoms with Crippen molar-refractivity contribution in [2.45, 2.75) is 39.2 Å². The van der Waals surface area contributed by atoms with Crippen molar-refractivity contribution in [2.75, 3.05) is 39.7 Å². The van der Waals surface area contributed by atoms with Crippen LogP contribution in [0.2, 0.25) is 0 Å². The fraction of sp³-hybridized carbons (Fsp3) is 0.571. The Morgan fingerprint density at radius 1 is 1.07 bits per heavy atom. The molecule has 1 unspecified atom stereocenters. The molecule has 0 spiro atoms. The minimum absolute atomic E-state index is 0.142. The van der Waals surface area contributed by atoms with Crippen LogP contribution in [0.15, 0.2) is 12.1 Å². The van der Waals surface area contributed by atoms with Gasteiger partial charge in [0.1, 0.15) is 5.60 Å². The molecule has 0 aromatic heterocycles. The molecule has 1 fully saturated rings. The predicted octanol–water partition coefficient (Wildman–Crippen LogP) is 3.08. The number of methoxy groups -OCH3 is 3. The van der Waals surface area contributed by atoms with Gasteiger partial charge in [-0.05, 0) is 33.6 Å². The number of esters is 1. The van der Waals surface area contributed by atoms with E-state index in [0.29, 0.717) is 30.9 Å². The van der Waals surface area contributed by atoms with Gasteiger partial charge in [-0.3, -0.25) is 4.79 Å². The molecule has 1 aromatic carbocycles. The fourth-order valence-corrected chi connectivity index (χ4v) is 3.18. The Labute approximate surface area is 176 Å². The fourth-order valence-electron chi connectivity index (χ4n) is 3.18. The van der Waals surface area contributed by atoms with Crippen LogP contribution in [0, 0.1) is 5.92 Å². The maximum atomic E-state index is 12.9. The zero-order valence-corrected chi connectivity index (χ0v) is 18.4. The SMILES string of the molecule is COC(=O)c1cc(OC)c(OC)cc1NC(=O)C1CCCN(C(=O)OC(C)(C)C)C1. The van der Waals surface area contributed by atoms with Crippen molar-refractivity contribution in [1.29, 1.82) is 0 Å². The second kappa shape index (κ2) is 9.69. The standard InChI is InChI=1S/C21H30N2O7/c1-21(2,3)30-20(26)23-9-7-8-13(12-23)18(24)22-15-11-17(28-5)16(27-4)10-14(15)19(25)29-6/h10-11,13H,7-9,12H2,1-6H3,(H,22,24). The summed E-state index contributed by atoms with van der Waals surface area (Å²) in [6, 6.07) is 2.96. The topological polar surface area (TPSA) is 103 Å². The Kier molecular flexibility index (Phi) is 7.53. The zero-order chi connectivity index (χ0) is 22.5. The summed E-state index contributed by atoms with van der Waals surface area (Å²) in [6.45, 7) is 6.16. The van der Waals surface area contributed by atoms with Crippen molar-refractivity contribution in [3.05, 3.63) is 17.7 Å². The van der Waals surface area contributed by atoms with Gasteiger partial charge in [0.05, 0.1) is 38.5 Å². The number of carbonyl (C=O) groups is 3. The summed E-state index contributed by atoms with van der Waals surface area (Å²) in [4.78, 5) is 39.0. The van der Waals surface area contributed by atoms with Crippen molar-refractivity contribution in [3.63, 3.8) is 0 Å². The van der Waals surface area contributed by atoms with Gasteiger partial charge in [-0.2, -0.15) is 0 Å². The summed E-state index contributed by atoms with van der Waals surface area (Å²) in [5, 5.41) is 2.78. The third kappa shape index (κ3) is 5.77. The lowest BCUT2D eigenvalue weighted by atomic mass is 9.97. The quantitative estimate of drug-likeness (QED) is 0.727. The molecular formula is C21H30N2O7. The Morgan fingerprint density at radius 2 is 1.70 bits per heavy atom. The lowest BCUT2D eigenvalue weighted by Gasteiger charge is -2.33. The predicted molar refractivity (Wildman–Crippen MR) is 110 cm³/mol. The summed E-state index contributed by atoms with van der Waals surface area (Å²) in [6.07, 6.45) is 0.848.